The van der Waals surface area contributed by atoms with Crippen LogP contribution >= 0.6 is 11.6 Å². The Kier molecular flexibility index (Phi) is 6.66. The number of nitrogens with one attached hydrogen (secondary N) is 1. The number of carbonyl (C=O) groups is 1. The lowest BCUT2D eigenvalue weighted by Crippen LogP contribution is -2.33. The van der Waals surface area contributed by atoms with E-state index in [0.717, 1.165) is 12.1 Å². The van der Waals surface area contributed by atoms with E-state index in [1.54, 1.807) is 17.0 Å². The first-order valence-corrected chi connectivity index (χ1v) is 7.95. The lowest BCUT2D eigenvalue weighted by molar-refractivity contribution is -0.137. The third-order valence-corrected chi connectivity index (χ3v) is 3.75. The van der Waals surface area contributed by atoms with Crippen molar-refractivity contribution in [2.75, 3.05) is 18.4 Å². The van der Waals surface area contributed by atoms with Gasteiger partial charge in [0.2, 0.25) is 5.91 Å². The van der Waals surface area contributed by atoms with Crippen LogP contribution in [0.4, 0.5) is 18.9 Å². The highest BCUT2D eigenvalue weighted by Crippen LogP contribution is 2.36. The van der Waals surface area contributed by atoms with Gasteiger partial charge in [0.1, 0.15) is 5.76 Å². The van der Waals surface area contributed by atoms with Crippen molar-refractivity contribution in [2.45, 2.75) is 19.1 Å². The number of halogens is 4. The zero-order chi connectivity index (χ0) is 19.2. The van der Waals surface area contributed by atoms with Crippen molar-refractivity contribution in [1.29, 1.82) is 5.26 Å². The summed E-state index contributed by atoms with van der Waals surface area (Å²) in [5.41, 5.74) is -1.03. The Morgan fingerprint density at radius 2 is 2.12 bits per heavy atom. The molecule has 0 radical (unpaired) electrons. The Hall–Kier alpha value is -2.50. The summed E-state index contributed by atoms with van der Waals surface area (Å²) in [6, 6.07) is 8.57. The van der Waals surface area contributed by atoms with Gasteiger partial charge in [-0.2, -0.15) is 18.4 Å². The Labute approximate surface area is 153 Å². The number of hydrogen-bond acceptors (Lipinski definition) is 4. The zero-order valence-electron chi connectivity index (χ0n) is 13.5. The van der Waals surface area contributed by atoms with Gasteiger partial charge < -0.3 is 9.73 Å². The molecule has 26 heavy (non-hydrogen) atoms. The van der Waals surface area contributed by atoms with Crippen molar-refractivity contribution >= 4 is 23.2 Å². The van der Waals surface area contributed by atoms with Crippen LogP contribution in [0.5, 0.6) is 0 Å². The molecule has 1 N–H and O–H groups in total. The highest BCUT2D eigenvalue weighted by molar-refractivity contribution is 6.31. The van der Waals surface area contributed by atoms with Crippen LogP contribution in [-0.4, -0.2) is 23.9 Å². The molecular formula is C17H15ClF3N3O2. The number of anilines is 1. The Balaban J connectivity index is 2.04. The Morgan fingerprint density at radius 3 is 2.73 bits per heavy atom. The highest BCUT2D eigenvalue weighted by atomic mass is 35.5. The fourth-order valence-electron chi connectivity index (χ4n) is 2.27. The van der Waals surface area contributed by atoms with Crippen LogP contribution in [0.25, 0.3) is 0 Å². The summed E-state index contributed by atoms with van der Waals surface area (Å²) in [6.07, 6.45) is -2.92. The van der Waals surface area contributed by atoms with Crippen LogP contribution in [0.1, 0.15) is 17.7 Å². The van der Waals surface area contributed by atoms with Crippen LogP contribution in [0, 0.1) is 11.3 Å². The molecule has 1 aromatic carbocycles. The van der Waals surface area contributed by atoms with Gasteiger partial charge in [-0.05, 0) is 30.3 Å². The number of rotatable bonds is 7. The molecule has 0 saturated heterocycles. The molecule has 0 spiro atoms. The topological polar surface area (TPSA) is 69.3 Å². The summed E-state index contributed by atoms with van der Waals surface area (Å²) in [7, 11) is 0. The first-order chi connectivity index (χ1) is 12.3. The molecule has 0 unspecified atom stereocenters. The lowest BCUT2D eigenvalue weighted by atomic mass is 10.2. The van der Waals surface area contributed by atoms with Crippen molar-refractivity contribution < 1.29 is 22.4 Å². The number of furan rings is 1. The van der Waals surface area contributed by atoms with Gasteiger partial charge in [0.15, 0.2) is 0 Å². The average molecular weight is 386 g/mol. The molecule has 9 heteroatoms. The summed E-state index contributed by atoms with van der Waals surface area (Å²) >= 11 is 5.56. The van der Waals surface area contributed by atoms with Crippen LogP contribution in [0.3, 0.4) is 0 Å². The SMILES string of the molecule is N#CCCN(CC(=O)Nc1ccc(Cl)c(C(F)(F)F)c1)Cc1ccco1. The number of amides is 1. The maximum absolute atomic E-state index is 12.9. The number of carbonyl (C=O) groups excluding carboxylic acids is 1. The summed E-state index contributed by atoms with van der Waals surface area (Å²) in [5, 5.41) is 10.7. The van der Waals surface area contributed by atoms with E-state index in [0.29, 0.717) is 18.8 Å². The molecule has 1 heterocycles. The van der Waals surface area contributed by atoms with Crippen molar-refractivity contribution in [3.8, 4) is 6.07 Å². The monoisotopic (exact) mass is 385 g/mol. The molecule has 0 aliphatic heterocycles. The van der Waals surface area contributed by atoms with Gasteiger partial charge in [-0.1, -0.05) is 11.6 Å². The first-order valence-electron chi connectivity index (χ1n) is 7.58. The summed E-state index contributed by atoms with van der Waals surface area (Å²) in [4.78, 5) is 13.8. The maximum Gasteiger partial charge on any atom is 0.417 e. The van der Waals surface area contributed by atoms with Gasteiger partial charge in [-0.25, -0.2) is 0 Å². The van der Waals surface area contributed by atoms with Crippen molar-refractivity contribution in [3.63, 3.8) is 0 Å². The Bertz CT molecular complexity index is 786. The van der Waals surface area contributed by atoms with E-state index in [2.05, 4.69) is 5.32 Å². The van der Waals surface area contributed by atoms with Crippen LogP contribution in [-0.2, 0) is 17.5 Å². The van der Waals surface area contributed by atoms with Crippen LogP contribution in [0.2, 0.25) is 5.02 Å². The molecule has 5 nitrogen and oxygen atoms in total. The second-order valence-electron chi connectivity index (χ2n) is 5.44. The van der Waals surface area contributed by atoms with Crippen molar-refractivity contribution in [2.24, 2.45) is 0 Å². The molecule has 1 amide bonds. The number of nitriles is 1. The molecule has 0 bridgehead atoms. The molecule has 2 rings (SSSR count). The van der Waals surface area contributed by atoms with E-state index < -0.39 is 22.7 Å². The zero-order valence-corrected chi connectivity index (χ0v) is 14.3. The molecule has 0 saturated carbocycles. The van der Waals surface area contributed by atoms with Crippen LogP contribution < -0.4 is 5.32 Å². The van der Waals surface area contributed by atoms with E-state index >= 15 is 0 Å². The molecule has 0 fully saturated rings. The van der Waals surface area contributed by atoms with Gasteiger partial charge in [-0.15, -0.1) is 0 Å². The quantitative estimate of drug-likeness (QED) is 0.771. The molecule has 0 atom stereocenters. The molecular weight excluding hydrogens is 371 g/mol. The standard InChI is InChI=1S/C17H15ClF3N3O2/c18-15-5-4-12(9-14(15)17(19,20)21)23-16(25)11-24(7-2-6-22)10-13-3-1-8-26-13/h1,3-5,8-9H,2,7,10-11H2,(H,23,25). The number of alkyl halides is 3. The third kappa shape index (κ3) is 5.79. The van der Waals surface area contributed by atoms with E-state index in [-0.39, 0.29) is 18.7 Å². The molecule has 0 aliphatic rings. The molecule has 1 aromatic heterocycles. The van der Waals surface area contributed by atoms with E-state index in [4.69, 9.17) is 21.3 Å². The first kappa shape index (κ1) is 19.8. The summed E-state index contributed by atoms with van der Waals surface area (Å²) in [5.74, 6) is 0.103. The predicted octanol–water partition coefficient (Wildman–Crippen LogP) is 4.31. The van der Waals surface area contributed by atoms with Gasteiger partial charge in [-0.3, -0.25) is 9.69 Å². The minimum Gasteiger partial charge on any atom is -0.468 e. The third-order valence-electron chi connectivity index (χ3n) is 3.42. The fourth-order valence-corrected chi connectivity index (χ4v) is 2.49. The Morgan fingerprint density at radius 1 is 1.35 bits per heavy atom. The fraction of sp³-hybridized carbons (Fsp3) is 0.294. The normalized spacial score (nSPS) is 11.4. The average Bonchev–Trinajstić information content (AvgIpc) is 3.06. The van der Waals surface area contributed by atoms with Gasteiger partial charge in [0.05, 0.1) is 36.0 Å². The largest absolute Gasteiger partial charge is 0.468 e. The molecule has 2 aromatic rings. The predicted molar refractivity (Wildman–Crippen MR) is 89.3 cm³/mol. The highest BCUT2D eigenvalue weighted by Gasteiger charge is 2.33. The van der Waals surface area contributed by atoms with Crippen molar-refractivity contribution in [3.05, 3.63) is 52.9 Å². The number of hydrogen-bond donors (Lipinski definition) is 1. The molecule has 138 valence electrons. The van der Waals surface area contributed by atoms with E-state index in [1.165, 1.54) is 12.3 Å². The van der Waals surface area contributed by atoms with Gasteiger partial charge >= 0.3 is 6.18 Å². The summed E-state index contributed by atoms with van der Waals surface area (Å²) in [6.45, 7) is 0.516. The maximum atomic E-state index is 12.9. The van der Waals surface area contributed by atoms with Crippen LogP contribution in [0.15, 0.2) is 41.0 Å². The second kappa shape index (κ2) is 8.74. The second-order valence-corrected chi connectivity index (χ2v) is 5.85. The van der Waals surface area contributed by atoms with Gasteiger partial charge in [0.25, 0.3) is 0 Å². The number of benzene rings is 1. The lowest BCUT2D eigenvalue weighted by Gasteiger charge is -2.19. The van der Waals surface area contributed by atoms with Gasteiger partial charge in [0, 0.05) is 18.7 Å². The minimum absolute atomic E-state index is 0.00930. The summed E-state index contributed by atoms with van der Waals surface area (Å²) < 4.78 is 43.9. The minimum atomic E-state index is -4.62. The van der Waals surface area contributed by atoms with E-state index in [9.17, 15) is 18.0 Å². The van der Waals surface area contributed by atoms with Crippen molar-refractivity contribution in [1.82, 2.24) is 4.90 Å². The molecule has 0 aliphatic carbocycles. The number of nitrogens with zero attached hydrogens (tertiary/aromatic N) is 2. The van der Waals surface area contributed by atoms with E-state index in [1.807, 2.05) is 6.07 Å². The smallest absolute Gasteiger partial charge is 0.417 e.